The maximum atomic E-state index is 12.1. The molecular weight excluding hydrogens is 324 g/mol. The molecule has 8 heteroatoms. The number of benzene rings is 1. The Hall–Kier alpha value is -3.42. The summed E-state index contributed by atoms with van der Waals surface area (Å²) in [6, 6.07) is 6.77. The second kappa shape index (κ2) is 7.43. The average Bonchev–Trinajstić information content (AvgIpc) is 2.52. The van der Waals surface area contributed by atoms with Crippen molar-refractivity contribution in [2.75, 3.05) is 5.32 Å². The molecule has 130 valence electrons. The largest absolute Gasteiger partial charge is 0.494 e. The number of aromatic nitrogens is 2. The number of aromatic amines is 1. The molecule has 0 unspecified atom stereocenters. The van der Waals surface area contributed by atoms with Gasteiger partial charge in [0.25, 0.3) is 5.56 Å². The van der Waals surface area contributed by atoms with Crippen LogP contribution in [0.15, 0.2) is 51.5 Å². The smallest absolute Gasteiger partial charge is 0.331 e. The molecule has 2 aromatic rings. The van der Waals surface area contributed by atoms with Gasteiger partial charge in [-0.15, -0.1) is 6.58 Å². The normalized spacial score (nSPS) is 11.2. The van der Waals surface area contributed by atoms with Gasteiger partial charge in [-0.2, -0.15) is 0 Å². The van der Waals surface area contributed by atoms with Crippen molar-refractivity contribution in [3.63, 3.8) is 0 Å². The zero-order valence-corrected chi connectivity index (χ0v) is 13.9. The standard InChI is InChI=1S/C17H18N4O4/c1-4-9-21-16(24)14(15(23)20-17(21)25)10(2)18-12-7-5-6-8-13(12)19-11(3)22/h4-8,24H,1,9H2,2-3H3,(H,19,22)(H,20,23,25). The molecule has 0 aliphatic heterocycles. The highest BCUT2D eigenvalue weighted by atomic mass is 16.3. The van der Waals surface area contributed by atoms with E-state index in [0.717, 1.165) is 4.57 Å². The van der Waals surface area contributed by atoms with Gasteiger partial charge >= 0.3 is 5.69 Å². The lowest BCUT2D eigenvalue weighted by atomic mass is 10.2. The summed E-state index contributed by atoms with van der Waals surface area (Å²) in [5.41, 5.74) is -0.549. The number of aliphatic imine (C=N–C) groups is 1. The van der Waals surface area contributed by atoms with Crippen LogP contribution in [0.3, 0.4) is 0 Å². The lowest BCUT2D eigenvalue weighted by Gasteiger charge is -2.10. The summed E-state index contributed by atoms with van der Waals surface area (Å²) in [6.07, 6.45) is 1.42. The second-order valence-corrected chi connectivity index (χ2v) is 5.25. The molecule has 0 bridgehead atoms. The van der Waals surface area contributed by atoms with E-state index in [-0.39, 0.29) is 23.7 Å². The van der Waals surface area contributed by atoms with E-state index in [9.17, 15) is 19.5 Å². The molecule has 0 saturated carbocycles. The molecule has 0 spiro atoms. The van der Waals surface area contributed by atoms with Crippen LogP contribution in [0.4, 0.5) is 11.4 Å². The number of H-pyrrole nitrogens is 1. The topological polar surface area (TPSA) is 117 Å². The number of hydrogen-bond acceptors (Lipinski definition) is 5. The van der Waals surface area contributed by atoms with Gasteiger partial charge in [-0.05, 0) is 19.1 Å². The van der Waals surface area contributed by atoms with Crippen molar-refractivity contribution in [2.45, 2.75) is 20.4 Å². The summed E-state index contributed by atoms with van der Waals surface area (Å²) in [4.78, 5) is 41.6. The molecule has 0 atom stereocenters. The SMILES string of the molecule is C=CCn1c(O)c(C(C)=Nc2ccccc2NC(C)=O)c(=O)[nH]c1=O. The Balaban J connectivity index is 2.61. The first-order valence-electron chi connectivity index (χ1n) is 7.44. The number of carbonyl (C=O) groups excluding carboxylic acids is 1. The Morgan fingerprint density at radius 3 is 2.68 bits per heavy atom. The van der Waals surface area contributed by atoms with Gasteiger partial charge in [-0.3, -0.25) is 24.1 Å². The van der Waals surface area contributed by atoms with Crippen LogP contribution >= 0.6 is 0 Å². The number of nitrogens with one attached hydrogen (secondary N) is 2. The molecule has 8 nitrogen and oxygen atoms in total. The van der Waals surface area contributed by atoms with Crippen molar-refractivity contribution in [3.8, 4) is 5.88 Å². The highest BCUT2D eigenvalue weighted by Crippen LogP contribution is 2.25. The monoisotopic (exact) mass is 342 g/mol. The van der Waals surface area contributed by atoms with Gasteiger partial charge in [0.15, 0.2) is 0 Å². The third kappa shape index (κ3) is 3.92. The van der Waals surface area contributed by atoms with Gasteiger partial charge in [0, 0.05) is 13.5 Å². The molecule has 1 aromatic carbocycles. The predicted octanol–water partition coefficient (Wildman–Crippen LogP) is 1.53. The van der Waals surface area contributed by atoms with E-state index in [1.165, 1.54) is 19.9 Å². The van der Waals surface area contributed by atoms with Crippen molar-refractivity contribution in [3.05, 3.63) is 63.3 Å². The molecule has 0 radical (unpaired) electrons. The Morgan fingerprint density at radius 1 is 1.36 bits per heavy atom. The minimum Gasteiger partial charge on any atom is -0.494 e. The molecule has 0 aliphatic carbocycles. The maximum absolute atomic E-state index is 12.1. The number of amides is 1. The van der Waals surface area contributed by atoms with Crippen LogP contribution < -0.4 is 16.6 Å². The van der Waals surface area contributed by atoms with Crippen LogP contribution in [0.2, 0.25) is 0 Å². The zero-order chi connectivity index (χ0) is 18.6. The minimum absolute atomic E-state index is 0.0320. The number of allylic oxidation sites excluding steroid dienone is 1. The highest BCUT2D eigenvalue weighted by Gasteiger charge is 2.16. The van der Waals surface area contributed by atoms with Crippen LogP contribution in [0, 0.1) is 0 Å². The van der Waals surface area contributed by atoms with E-state index in [0.29, 0.717) is 11.4 Å². The van der Waals surface area contributed by atoms with Crippen LogP contribution in [-0.4, -0.2) is 26.3 Å². The lowest BCUT2D eigenvalue weighted by molar-refractivity contribution is -0.114. The number of anilines is 1. The summed E-state index contributed by atoms with van der Waals surface area (Å²) in [7, 11) is 0. The summed E-state index contributed by atoms with van der Waals surface area (Å²) in [5.74, 6) is -0.757. The van der Waals surface area contributed by atoms with Crippen LogP contribution in [0.25, 0.3) is 0 Å². The molecule has 0 aliphatic rings. The van der Waals surface area contributed by atoms with Gasteiger partial charge in [0.2, 0.25) is 11.8 Å². The molecule has 3 N–H and O–H groups in total. The Morgan fingerprint density at radius 2 is 2.04 bits per heavy atom. The average molecular weight is 342 g/mol. The first-order valence-corrected chi connectivity index (χ1v) is 7.44. The Labute approximate surface area is 143 Å². The van der Waals surface area contributed by atoms with E-state index in [4.69, 9.17) is 0 Å². The van der Waals surface area contributed by atoms with Crippen molar-refractivity contribution in [1.29, 1.82) is 0 Å². The van der Waals surface area contributed by atoms with E-state index in [1.807, 2.05) is 0 Å². The van der Waals surface area contributed by atoms with Gasteiger partial charge in [0.1, 0.15) is 5.56 Å². The second-order valence-electron chi connectivity index (χ2n) is 5.25. The molecule has 25 heavy (non-hydrogen) atoms. The summed E-state index contributed by atoms with van der Waals surface area (Å²) in [6.45, 7) is 6.44. The first kappa shape index (κ1) is 17.9. The van der Waals surface area contributed by atoms with Gasteiger partial charge < -0.3 is 10.4 Å². The molecular formula is C17H18N4O4. The van der Waals surface area contributed by atoms with Gasteiger partial charge in [-0.1, -0.05) is 18.2 Å². The molecule has 1 aromatic heterocycles. The number of para-hydroxylation sites is 2. The Bertz CT molecular complexity index is 969. The fraction of sp³-hybridized carbons (Fsp3) is 0.176. The molecule has 1 amide bonds. The van der Waals surface area contributed by atoms with E-state index in [1.54, 1.807) is 24.3 Å². The molecule has 1 heterocycles. The minimum atomic E-state index is -0.749. The van der Waals surface area contributed by atoms with Crippen LogP contribution in [-0.2, 0) is 11.3 Å². The number of aromatic hydroxyl groups is 1. The van der Waals surface area contributed by atoms with Crippen molar-refractivity contribution in [2.24, 2.45) is 4.99 Å². The molecule has 0 saturated heterocycles. The highest BCUT2D eigenvalue weighted by molar-refractivity contribution is 6.03. The third-order valence-corrected chi connectivity index (χ3v) is 3.35. The predicted molar refractivity (Wildman–Crippen MR) is 95.8 cm³/mol. The number of carbonyl (C=O) groups is 1. The number of rotatable bonds is 5. The summed E-state index contributed by atoms with van der Waals surface area (Å²) in [5, 5.41) is 12.9. The van der Waals surface area contributed by atoms with Crippen molar-refractivity contribution in [1.82, 2.24) is 9.55 Å². The van der Waals surface area contributed by atoms with Crippen LogP contribution in [0.1, 0.15) is 19.4 Å². The lowest BCUT2D eigenvalue weighted by Crippen LogP contribution is -2.33. The Kier molecular flexibility index (Phi) is 5.33. The van der Waals surface area contributed by atoms with Crippen molar-refractivity contribution >= 4 is 23.0 Å². The number of nitrogens with zero attached hydrogens (tertiary/aromatic N) is 2. The zero-order valence-electron chi connectivity index (χ0n) is 13.9. The fourth-order valence-corrected chi connectivity index (χ4v) is 2.29. The summed E-state index contributed by atoms with van der Waals surface area (Å²) < 4.78 is 0.975. The summed E-state index contributed by atoms with van der Waals surface area (Å²) >= 11 is 0. The fourth-order valence-electron chi connectivity index (χ4n) is 2.29. The quantitative estimate of drug-likeness (QED) is 0.564. The van der Waals surface area contributed by atoms with Crippen LogP contribution in [0.5, 0.6) is 5.88 Å². The van der Waals surface area contributed by atoms with E-state index in [2.05, 4.69) is 21.9 Å². The molecule has 2 rings (SSSR count). The maximum Gasteiger partial charge on any atom is 0.331 e. The third-order valence-electron chi connectivity index (χ3n) is 3.35. The van der Waals surface area contributed by atoms with Gasteiger partial charge in [-0.25, -0.2) is 4.79 Å². The van der Waals surface area contributed by atoms with Gasteiger partial charge in [0.05, 0.1) is 17.1 Å². The molecule has 0 fully saturated rings. The van der Waals surface area contributed by atoms with E-state index >= 15 is 0 Å². The van der Waals surface area contributed by atoms with E-state index < -0.39 is 17.1 Å². The first-order chi connectivity index (χ1) is 11.8. The van der Waals surface area contributed by atoms with Crippen molar-refractivity contribution < 1.29 is 9.90 Å². The number of hydrogen-bond donors (Lipinski definition) is 3.